The summed E-state index contributed by atoms with van der Waals surface area (Å²) in [5.74, 6) is 0.0891. The van der Waals surface area contributed by atoms with E-state index in [1.54, 1.807) is 41.3 Å². The molecule has 2 fully saturated rings. The van der Waals surface area contributed by atoms with Crippen molar-refractivity contribution in [3.8, 4) is 17.2 Å². The molecule has 1 aliphatic heterocycles. The normalized spacial score (nSPS) is 20.3. The van der Waals surface area contributed by atoms with E-state index in [1.807, 2.05) is 13.0 Å². The molecule has 0 spiro atoms. The maximum absolute atomic E-state index is 13.3. The molecule has 1 saturated carbocycles. The molecule has 0 aromatic heterocycles. The Bertz CT molecular complexity index is 1070. The molecule has 2 aromatic carbocycles. The molecule has 1 heterocycles. The highest BCUT2D eigenvalue weighted by atomic mass is 16.5. The summed E-state index contributed by atoms with van der Waals surface area (Å²) in [4.78, 5) is 28.2. The SMILES string of the molecule is CCOc1ccc(/C(O)=C2/C(=O)C(=O)N(C3CCCC3)C2c2cccc(OC)c2OC)cc1. The number of Topliss-reactive ketones (excluding diaryl/α,β-unsaturated/α-hetero) is 1. The van der Waals surface area contributed by atoms with Crippen molar-refractivity contribution in [1.82, 2.24) is 4.90 Å². The van der Waals surface area contributed by atoms with Gasteiger partial charge < -0.3 is 24.2 Å². The first-order valence-electron chi connectivity index (χ1n) is 11.3. The number of hydrogen-bond donors (Lipinski definition) is 1. The van der Waals surface area contributed by atoms with Gasteiger partial charge in [0.05, 0.1) is 32.4 Å². The predicted molar refractivity (Wildman–Crippen MR) is 124 cm³/mol. The number of ketones is 1. The Morgan fingerprint density at radius 1 is 1.03 bits per heavy atom. The van der Waals surface area contributed by atoms with E-state index >= 15 is 0 Å². The van der Waals surface area contributed by atoms with Gasteiger partial charge in [-0.3, -0.25) is 9.59 Å². The average Bonchev–Trinajstić information content (AvgIpc) is 3.45. The number of para-hydroxylation sites is 1. The second-order valence-corrected chi connectivity index (χ2v) is 8.18. The molecule has 1 saturated heterocycles. The van der Waals surface area contributed by atoms with E-state index in [9.17, 15) is 14.7 Å². The largest absolute Gasteiger partial charge is 0.507 e. The first kappa shape index (κ1) is 22.7. The van der Waals surface area contributed by atoms with E-state index in [-0.39, 0.29) is 17.4 Å². The first-order chi connectivity index (χ1) is 16.0. The van der Waals surface area contributed by atoms with Crippen molar-refractivity contribution < 1.29 is 28.9 Å². The summed E-state index contributed by atoms with van der Waals surface area (Å²) in [7, 11) is 3.06. The Morgan fingerprint density at radius 2 is 1.73 bits per heavy atom. The van der Waals surface area contributed by atoms with E-state index < -0.39 is 17.7 Å². The number of amides is 1. The maximum atomic E-state index is 13.3. The minimum absolute atomic E-state index is 0.0580. The van der Waals surface area contributed by atoms with Crippen molar-refractivity contribution in [2.24, 2.45) is 0 Å². The lowest BCUT2D eigenvalue weighted by Crippen LogP contribution is -2.37. The standard InChI is InChI=1S/C26H29NO6/c1-4-33-18-14-12-16(13-15-18)23(28)21-22(19-10-7-11-20(31-2)25(19)32-3)27(26(30)24(21)29)17-8-5-6-9-17/h7,10-15,17,22,28H,4-6,8-9H2,1-3H3/b23-21-. The number of methoxy groups -OCH3 is 2. The minimum Gasteiger partial charge on any atom is -0.507 e. The number of likely N-dealkylation sites (tertiary alicyclic amines) is 1. The van der Waals surface area contributed by atoms with Crippen LogP contribution >= 0.6 is 0 Å². The third-order valence-electron chi connectivity index (χ3n) is 6.36. The smallest absolute Gasteiger partial charge is 0.295 e. The van der Waals surface area contributed by atoms with Gasteiger partial charge in [-0.2, -0.15) is 0 Å². The molecule has 0 bridgehead atoms. The van der Waals surface area contributed by atoms with Crippen molar-refractivity contribution in [3.63, 3.8) is 0 Å². The van der Waals surface area contributed by atoms with E-state index in [1.165, 1.54) is 14.2 Å². The van der Waals surface area contributed by atoms with Crippen molar-refractivity contribution in [3.05, 3.63) is 59.2 Å². The maximum Gasteiger partial charge on any atom is 0.295 e. The van der Waals surface area contributed by atoms with Crippen LogP contribution in [0.3, 0.4) is 0 Å². The van der Waals surface area contributed by atoms with Gasteiger partial charge in [-0.05, 0) is 50.1 Å². The molecule has 4 rings (SSSR count). The van der Waals surface area contributed by atoms with Gasteiger partial charge in [0.25, 0.3) is 11.7 Å². The summed E-state index contributed by atoms with van der Waals surface area (Å²) in [6.07, 6.45) is 3.63. The highest BCUT2D eigenvalue weighted by Crippen LogP contribution is 2.48. The summed E-state index contributed by atoms with van der Waals surface area (Å²) >= 11 is 0. The molecule has 7 nitrogen and oxygen atoms in total. The topological polar surface area (TPSA) is 85.3 Å². The van der Waals surface area contributed by atoms with Crippen molar-refractivity contribution in [2.45, 2.75) is 44.7 Å². The van der Waals surface area contributed by atoms with Gasteiger partial charge in [0.15, 0.2) is 11.5 Å². The van der Waals surface area contributed by atoms with Gasteiger partial charge in [-0.25, -0.2) is 0 Å². The van der Waals surface area contributed by atoms with Crippen LogP contribution in [0.5, 0.6) is 17.2 Å². The van der Waals surface area contributed by atoms with Crippen molar-refractivity contribution in [1.29, 1.82) is 0 Å². The van der Waals surface area contributed by atoms with Gasteiger partial charge in [0.2, 0.25) is 0 Å². The fourth-order valence-corrected chi connectivity index (χ4v) is 4.87. The molecule has 33 heavy (non-hydrogen) atoms. The average molecular weight is 452 g/mol. The number of carbonyl (C=O) groups excluding carboxylic acids is 2. The number of benzene rings is 2. The number of aliphatic hydroxyl groups is 1. The zero-order valence-electron chi connectivity index (χ0n) is 19.2. The number of carbonyl (C=O) groups is 2. The van der Waals surface area contributed by atoms with E-state index in [4.69, 9.17) is 14.2 Å². The van der Waals surface area contributed by atoms with Gasteiger partial charge in [0, 0.05) is 17.2 Å². The second kappa shape index (κ2) is 9.57. The lowest BCUT2D eigenvalue weighted by Gasteiger charge is -2.31. The van der Waals surface area contributed by atoms with Crippen LogP contribution in [-0.4, -0.2) is 48.6 Å². The van der Waals surface area contributed by atoms with Crippen LogP contribution in [0.25, 0.3) is 5.76 Å². The second-order valence-electron chi connectivity index (χ2n) is 8.18. The molecule has 0 radical (unpaired) electrons. The summed E-state index contributed by atoms with van der Waals surface area (Å²) < 4.78 is 16.6. The van der Waals surface area contributed by atoms with Crippen LogP contribution in [0.2, 0.25) is 0 Å². The lowest BCUT2D eigenvalue weighted by molar-refractivity contribution is -0.141. The fourth-order valence-electron chi connectivity index (χ4n) is 4.87. The molecule has 1 atom stereocenters. The Hall–Kier alpha value is -3.48. The molecule has 2 aliphatic rings. The lowest BCUT2D eigenvalue weighted by atomic mass is 9.93. The molecular weight excluding hydrogens is 422 g/mol. The third kappa shape index (κ3) is 4.03. The number of hydrogen-bond acceptors (Lipinski definition) is 6. The Labute approximate surface area is 193 Å². The van der Waals surface area contributed by atoms with E-state index in [0.717, 1.165) is 25.7 Å². The fraction of sp³-hybridized carbons (Fsp3) is 0.385. The van der Waals surface area contributed by atoms with Gasteiger partial charge >= 0.3 is 0 Å². The van der Waals surface area contributed by atoms with E-state index in [2.05, 4.69) is 0 Å². The number of ether oxygens (including phenoxy) is 3. The molecule has 7 heteroatoms. The van der Waals surface area contributed by atoms with E-state index in [0.29, 0.717) is 35.0 Å². The number of rotatable bonds is 7. The summed E-state index contributed by atoms with van der Waals surface area (Å²) in [5.41, 5.74) is 1.10. The Morgan fingerprint density at radius 3 is 2.33 bits per heavy atom. The van der Waals surface area contributed by atoms with Gasteiger partial charge in [0.1, 0.15) is 11.5 Å². The molecule has 174 valence electrons. The van der Waals surface area contributed by atoms with Crippen LogP contribution in [0.15, 0.2) is 48.0 Å². The monoisotopic (exact) mass is 451 g/mol. The van der Waals surface area contributed by atoms with Crippen LogP contribution < -0.4 is 14.2 Å². The highest BCUT2D eigenvalue weighted by molar-refractivity contribution is 6.46. The van der Waals surface area contributed by atoms with Crippen molar-refractivity contribution in [2.75, 3.05) is 20.8 Å². The Kier molecular flexibility index (Phi) is 6.58. The highest BCUT2D eigenvalue weighted by Gasteiger charge is 2.50. The van der Waals surface area contributed by atoms with Crippen LogP contribution in [0.1, 0.15) is 49.8 Å². The molecule has 1 aliphatic carbocycles. The zero-order valence-corrected chi connectivity index (χ0v) is 19.2. The molecule has 1 amide bonds. The summed E-state index contributed by atoms with van der Waals surface area (Å²) in [6, 6.07) is 11.3. The summed E-state index contributed by atoms with van der Waals surface area (Å²) in [5, 5.41) is 11.3. The Balaban J connectivity index is 1.90. The first-order valence-corrected chi connectivity index (χ1v) is 11.3. The molecular formula is C26H29NO6. The van der Waals surface area contributed by atoms with Gasteiger partial charge in [-0.15, -0.1) is 0 Å². The van der Waals surface area contributed by atoms with Gasteiger partial charge in [-0.1, -0.05) is 25.0 Å². The quantitative estimate of drug-likeness (QED) is 0.380. The number of aliphatic hydroxyl groups excluding tert-OH is 1. The molecule has 1 unspecified atom stereocenters. The zero-order chi connectivity index (χ0) is 23.5. The van der Waals surface area contributed by atoms with Crippen LogP contribution in [-0.2, 0) is 9.59 Å². The predicted octanol–water partition coefficient (Wildman–Crippen LogP) is 4.47. The molecule has 2 aromatic rings. The van der Waals surface area contributed by atoms with Crippen LogP contribution in [0.4, 0.5) is 0 Å². The van der Waals surface area contributed by atoms with Crippen molar-refractivity contribution >= 4 is 17.4 Å². The summed E-state index contributed by atoms with van der Waals surface area (Å²) in [6.45, 7) is 2.41. The third-order valence-corrected chi connectivity index (χ3v) is 6.36. The van der Waals surface area contributed by atoms with Crippen LogP contribution in [0, 0.1) is 0 Å². The molecule has 1 N–H and O–H groups in total. The number of nitrogens with zero attached hydrogens (tertiary/aromatic N) is 1. The minimum atomic E-state index is -0.773.